The van der Waals surface area contributed by atoms with Gasteiger partial charge >= 0.3 is 0 Å². The molecule has 21 heavy (non-hydrogen) atoms. The number of rotatable bonds is 2. The molecule has 1 aliphatic rings. The molecule has 2 heterocycles. The van der Waals surface area contributed by atoms with E-state index in [2.05, 4.69) is 35.1 Å². The van der Waals surface area contributed by atoms with Crippen LogP contribution in [-0.4, -0.2) is 12.3 Å². The summed E-state index contributed by atoms with van der Waals surface area (Å²) in [4.78, 5) is 12.7. The van der Waals surface area contributed by atoms with Crippen LogP contribution < -0.4 is 9.88 Å². The minimum Gasteiger partial charge on any atom is -0.294 e. The molecule has 0 bridgehead atoms. The molecule has 1 aromatic heterocycles. The van der Waals surface area contributed by atoms with Gasteiger partial charge < -0.3 is 0 Å². The van der Waals surface area contributed by atoms with Crippen LogP contribution in [0.3, 0.4) is 0 Å². The van der Waals surface area contributed by atoms with Crippen molar-refractivity contribution in [2.24, 2.45) is 5.92 Å². The number of pyridine rings is 1. The van der Waals surface area contributed by atoms with Crippen molar-refractivity contribution in [3.8, 4) is 0 Å². The maximum absolute atomic E-state index is 12.7. The van der Waals surface area contributed by atoms with Gasteiger partial charge in [-0.25, -0.2) is 4.57 Å². The van der Waals surface area contributed by atoms with Crippen LogP contribution in [0.15, 0.2) is 36.5 Å². The first-order valence-electron chi connectivity index (χ1n) is 7.09. The zero-order valence-electron chi connectivity index (χ0n) is 12.2. The van der Waals surface area contributed by atoms with Crippen molar-refractivity contribution >= 4 is 23.2 Å². The summed E-state index contributed by atoms with van der Waals surface area (Å²) in [6.07, 6.45) is 2.08. The van der Waals surface area contributed by atoms with E-state index < -0.39 is 0 Å². The minimum atomic E-state index is -0.0510. The SMILES string of the molecule is Cc1ccc2[n+](c1)CC(C(=O)c1ccc(Cl)c(C)c1)CN2. The molecule has 0 amide bonds. The van der Waals surface area contributed by atoms with Crippen molar-refractivity contribution in [2.45, 2.75) is 20.4 Å². The Labute approximate surface area is 129 Å². The molecule has 2 aromatic rings. The highest BCUT2D eigenvalue weighted by atomic mass is 35.5. The lowest BCUT2D eigenvalue weighted by Gasteiger charge is -2.21. The quantitative estimate of drug-likeness (QED) is 0.683. The zero-order chi connectivity index (χ0) is 15.0. The maximum atomic E-state index is 12.7. The molecule has 1 aromatic carbocycles. The average molecular weight is 302 g/mol. The van der Waals surface area contributed by atoms with Gasteiger partial charge in [0.2, 0.25) is 0 Å². The minimum absolute atomic E-state index is 0.0510. The smallest absolute Gasteiger partial charge is 0.274 e. The molecule has 1 unspecified atom stereocenters. The Hall–Kier alpha value is -1.87. The second kappa shape index (κ2) is 5.49. The summed E-state index contributed by atoms with van der Waals surface area (Å²) in [6.45, 7) is 5.36. The van der Waals surface area contributed by atoms with Crippen molar-refractivity contribution in [2.75, 3.05) is 11.9 Å². The second-order valence-corrected chi connectivity index (χ2v) is 6.06. The molecule has 3 rings (SSSR count). The second-order valence-electron chi connectivity index (χ2n) is 5.65. The van der Waals surface area contributed by atoms with Gasteiger partial charge in [0.05, 0.1) is 18.7 Å². The highest BCUT2D eigenvalue weighted by Crippen LogP contribution is 2.20. The fourth-order valence-electron chi connectivity index (χ4n) is 2.72. The van der Waals surface area contributed by atoms with E-state index in [-0.39, 0.29) is 11.7 Å². The molecule has 0 aliphatic carbocycles. The van der Waals surface area contributed by atoms with Gasteiger partial charge in [0.1, 0.15) is 6.54 Å². The molecule has 0 saturated carbocycles. The lowest BCUT2D eigenvalue weighted by atomic mass is 9.95. The number of fused-ring (bicyclic) bond motifs is 1. The zero-order valence-corrected chi connectivity index (χ0v) is 12.9. The molecule has 1 N–H and O–H groups in total. The van der Waals surface area contributed by atoms with Gasteiger partial charge in [-0.05, 0) is 49.2 Å². The number of nitrogens with one attached hydrogen (secondary N) is 1. The number of halogens is 1. The third-order valence-electron chi connectivity index (χ3n) is 3.93. The van der Waals surface area contributed by atoms with E-state index in [1.165, 1.54) is 5.56 Å². The summed E-state index contributed by atoms with van der Waals surface area (Å²) in [5, 5.41) is 4.03. The van der Waals surface area contributed by atoms with Crippen molar-refractivity contribution in [3.63, 3.8) is 0 Å². The first-order valence-corrected chi connectivity index (χ1v) is 7.47. The topological polar surface area (TPSA) is 33.0 Å². The first kappa shape index (κ1) is 14.1. The molecule has 108 valence electrons. The summed E-state index contributed by atoms with van der Waals surface area (Å²) in [6, 6.07) is 9.62. The largest absolute Gasteiger partial charge is 0.294 e. The van der Waals surface area contributed by atoms with Crippen LogP contribution in [-0.2, 0) is 6.54 Å². The van der Waals surface area contributed by atoms with Gasteiger partial charge in [-0.3, -0.25) is 10.1 Å². The Kier molecular flexibility index (Phi) is 3.68. The van der Waals surface area contributed by atoms with Gasteiger partial charge in [-0.1, -0.05) is 11.6 Å². The fraction of sp³-hybridized carbons (Fsp3) is 0.294. The lowest BCUT2D eigenvalue weighted by molar-refractivity contribution is -0.690. The number of anilines is 1. The summed E-state index contributed by atoms with van der Waals surface area (Å²) < 4.78 is 2.12. The number of hydrogen-bond donors (Lipinski definition) is 1. The Morgan fingerprint density at radius 3 is 2.86 bits per heavy atom. The number of carbonyl (C=O) groups excluding carboxylic acids is 1. The molecule has 0 radical (unpaired) electrons. The van der Waals surface area contributed by atoms with Gasteiger partial charge in [0.15, 0.2) is 5.78 Å². The summed E-state index contributed by atoms with van der Waals surface area (Å²) in [5.41, 5.74) is 2.87. The number of ketones is 1. The van der Waals surface area contributed by atoms with Crippen molar-refractivity contribution in [3.05, 3.63) is 58.2 Å². The Morgan fingerprint density at radius 2 is 2.10 bits per heavy atom. The molecule has 0 spiro atoms. The summed E-state index contributed by atoms with van der Waals surface area (Å²) >= 11 is 6.03. The predicted molar refractivity (Wildman–Crippen MR) is 83.9 cm³/mol. The van der Waals surface area contributed by atoms with Crippen LogP contribution in [0.2, 0.25) is 5.02 Å². The predicted octanol–water partition coefficient (Wildman–Crippen LogP) is 3.17. The molecule has 3 nitrogen and oxygen atoms in total. The first-order chi connectivity index (χ1) is 10.0. The van der Waals surface area contributed by atoms with Crippen molar-refractivity contribution in [1.29, 1.82) is 0 Å². The Bertz CT molecular complexity index is 712. The number of benzene rings is 1. The Balaban J connectivity index is 1.85. The lowest BCUT2D eigenvalue weighted by Crippen LogP contribution is -2.49. The number of hydrogen-bond acceptors (Lipinski definition) is 2. The molecule has 0 saturated heterocycles. The average Bonchev–Trinajstić information content (AvgIpc) is 2.48. The van der Waals surface area contributed by atoms with E-state index in [9.17, 15) is 4.79 Å². The standard InChI is InChI=1S/C17H17ClN2O/c1-11-3-6-16-19-8-14(10-20(16)9-11)17(21)13-4-5-15(18)12(2)7-13/h3-7,9,14H,8,10H2,1-2H3/p+1. The molecular weight excluding hydrogens is 284 g/mol. The van der Waals surface area contributed by atoms with E-state index in [1.807, 2.05) is 19.1 Å². The number of carbonyl (C=O) groups is 1. The van der Waals surface area contributed by atoms with Crippen LogP contribution in [0.25, 0.3) is 0 Å². The van der Waals surface area contributed by atoms with E-state index in [0.717, 1.165) is 16.9 Å². The van der Waals surface area contributed by atoms with Crippen LogP contribution in [0.5, 0.6) is 0 Å². The number of Topliss-reactive ketones (excluding diaryl/α,β-unsaturated/α-hetero) is 1. The third-order valence-corrected chi connectivity index (χ3v) is 4.36. The van der Waals surface area contributed by atoms with Gasteiger partial charge in [0, 0.05) is 16.7 Å². The molecule has 1 aliphatic heterocycles. The molecular formula is C17H18ClN2O+. The number of nitrogens with zero attached hydrogens (tertiary/aromatic N) is 1. The van der Waals surface area contributed by atoms with Gasteiger partial charge in [-0.15, -0.1) is 0 Å². The van der Waals surface area contributed by atoms with Crippen LogP contribution in [0.1, 0.15) is 21.5 Å². The molecule has 0 fully saturated rings. The van der Waals surface area contributed by atoms with Gasteiger partial charge in [-0.2, -0.15) is 0 Å². The van der Waals surface area contributed by atoms with Gasteiger partial charge in [0.25, 0.3) is 5.82 Å². The van der Waals surface area contributed by atoms with Crippen LogP contribution in [0, 0.1) is 19.8 Å². The fourth-order valence-corrected chi connectivity index (χ4v) is 2.83. The van der Waals surface area contributed by atoms with Crippen molar-refractivity contribution in [1.82, 2.24) is 0 Å². The van der Waals surface area contributed by atoms with Crippen LogP contribution >= 0.6 is 11.6 Å². The normalized spacial score (nSPS) is 17.0. The molecule has 1 atom stereocenters. The van der Waals surface area contributed by atoms with E-state index in [4.69, 9.17) is 11.6 Å². The molecule has 4 heteroatoms. The third kappa shape index (κ3) is 2.79. The Morgan fingerprint density at radius 1 is 1.29 bits per heavy atom. The van der Waals surface area contributed by atoms with E-state index in [1.54, 1.807) is 6.07 Å². The van der Waals surface area contributed by atoms with E-state index in [0.29, 0.717) is 18.1 Å². The monoisotopic (exact) mass is 301 g/mol. The van der Waals surface area contributed by atoms with Crippen molar-refractivity contribution < 1.29 is 9.36 Å². The summed E-state index contributed by atoms with van der Waals surface area (Å²) in [5.74, 6) is 1.18. The number of aryl methyl sites for hydroxylation is 2. The highest BCUT2D eigenvalue weighted by Gasteiger charge is 2.30. The summed E-state index contributed by atoms with van der Waals surface area (Å²) in [7, 11) is 0. The number of aromatic nitrogens is 1. The highest BCUT2D eigenvalue weighted by molar-refractivity contribution is 6.31. The van der Waals surface area contributed by atoms with E-state index >= 15 is 0 Å². The van der Waals surface area contributed by atoms with Crippen LogP contribution in [0.4, 0.5) is 5.82 Å². The maximum Gasteiger partial charge on any atom is 0.274 e.